The zero-order valence-corrected chi connectivity index (χ0v) is 16.3. The van der Waals surface area contributed by atoms with Gasteiger partial charge in [0.1, 0.15) is 18.1 Å². The van der Waals surface area contributed by atoms with E-state index < -0.39 is 0 Å². The van der Waals surface area contributed by atoms with Gasteiger partial charge in [0.25, 0.3) is 5.91 Å². The van der Waals surface area contributed by atoms with E-state index in [2.05, 4.69) is 10.6 Å². The van der Waals surface area contributed by atoms with Crippen LogP contribution < -0.4 is 20.1 Å². The third kappa shape index (κ3) is 6.88. The molecule has 2 aromatic carbocycles. The molecule has 0 aromatic heterocycles. The third-order valence-corrected chi connectivity index (χ3v) is 3.66. The lowest BCUT2D eigenvalue weighted by Gasteiger charge is -2.13. The van der Waals surface area contributed by atoms with E-state index >= 15 is 0 Å². The number of benzene rings is 2. The number of amides is 1. The van der Waals surface area contributed by atoms with Gasteiger partial charge in [-0.05, 0) is 50.3 Å². The van der Waals surface area contributed by atoms with Gasteiger partial charge in [0.15, 0.2) is 5.11 Å². The number of hydrogen-bond donors (Lipinski definition) is 2. The van der Waals surface area contributed by atoms with Crippen LogP contribution in [0, 0.1) is 0 Å². The second kappa shape index (κ2) is 11.2. The minimum Gasteiger partial charge on any atom is -0.494 e. The summed E-state index contributed by atoms with van der Waals surface area (Å²) in [5.74, 6) is 0.862. The maximum atomic E-state index is 12.5. The van der Waals surface area contributed by atoms with Crippen LogP contribution in [0.4, 0.5) is 5.69 Å². The Labute approximate surface area is 164 Å². The van der Waals surface area contributed by atoms with Crippen LogP contribution in [0.3, 0.4) is 0 Å². The molecule has 0 aliphatic heterocycles. The summed E-state index contributed by atoms with van der Waals surface area (Å²) >= 11 is 5.24. The number of ether oxygens (including phenoxy) is 3. The molecule has 0 unspecified atom stereocenters. The zero-order chi connectivity index (χ0) is 19.5. The summed E-state index contributed by atoms with van der Waals surface area (Å²) in [6, 6.07) is 14.4. The maximum Gasteiger partial charge on any atom is 0.261 e. The van der Waals surface area contributed by atoms with Crippen LogP contribution in [0.5, 0.6) is 11.5 Å². The summed E-state index contributed by atoms with van der Waals surface area (Å²) < 4.78 is 16.3. The van der Waals surface area contributed by atoms with Crippen molar-refractivity contribution in [2.45, 2.75) is 13.8 Å². The van der Waals surface area contributed by atoms with Crippen molar-refractivity contribution in [2.75, 3.05) is 31.7 Å². The highest BCUT2D eigenvalue weighted by molar-refractivity contribution is 7.80. The van der Waals surface area contributed by atoms with Crippen molar-refractivity contribution >= 4 is 28.9 Å². The van der Waals surface area contributed by atoms with E-state index in [-0.39, 0.29) is 11.0 Å². The highest BCUT2D eigenvalue weighted by atomic mass is 32.1. The molecule has 6 nitrogen and oxygen atoms in total. The van der Waals surface area contributed by atoms with Gasteiger partial charge < -0.3 is 19.5 Å². The number of nitrogens with one attached hydrogen (secondary N) is 2. The molecule has 2 aromatic rings. The van der Waals surface area contributed by atoms with Crippen LogP contribution in [0.25, 0.3) is 0 Å². The summed E-state index contributed by atoms with van der Waals surface area (Å²) in [5, 5.41) is 5.84. The predicted octanol–water partition coefficient (Wildman–Crippen LogP) is 3.63. The van der Waals surface area contributed by atoms with Gasteiger partial charge in [0, 0.05) is 18.4 Å². The molecule has 0 atom stereocenters. The van der Waals surface area contributed by atoms with E-state index in [1.165, 1.54) is 0 Å². The minimum absolute atomic E-state index is 0.192. The largest absolute Gasteiger partial charge is 0.494 e. The molecule has 0 saturated carbocycles. The molecule has 0 aliphatic rings. The van der Waals surface area contributed by atoms with Crippen molar-refractivity contribution in [3.05, 3.63) is 54.1 Å². The zero-order valence-electron chi connectivity index (χ0n) is 15.5. The summed E-state index contributed by atoms with van der Waals surface area (Å²) in [5.41, 5.74) is 1.13. The molecule has 7 heteroatoms. The molecule has 0 saturated heterocycles. The topological polar surface area (TPSA) is 68.8 Å². The van der Waals surface area contributed by atoms with Gasteiger partial charge in [-0.1, -0.05) is 18.2 Å². The molecule has 0 radical (unpaired) electrons. The lowest BCUT2D eigenvalue weighted by molar-refractivity contribution is 0.0958. The monoisotopic (exact) mass is 388 g/mol. The Hall–Kier alpha value is -2.64. The smallest absolute Gasteiger partial charge is 0.261 e. The number of hydrogen-bond acceptors (Lipinski definition) is 5. The lowest BCUT2D eigenvalue weighted by atomic mass is 10.2. The summed E-state index contributed by atoms with van der Waals surface area (Å²) in [7, 11) is 0. The number of anilines is 1. The van der Waals surface area contributed by atoms with Crippen molar-refractivity contribution in [3.8, 4) is 11.5 Å². The first-order valence-electron chi connectivity index (χ1n) is 8.78. The van der Waals surface area contributed by atoms with E-state index in [4.69, 9.17) is 26.4 Å². The second-order valence-corrected chi connectivity index (χ2v) is 5.82. The average molecular weight is 388 g/mol. The molecule has 1 amide bonds. The second-order valence-electron chi connectivity index (χ2n) is 5.41. The predicted molar refractivity (Wildman–Crippen MR) is 110 cm³/mol. The van der Waals surface area contributed by atoms with Crippen LogP contribution in [-0.2, 0) is 4.74 Å². The molecular formula is C20H24N2O4S. The Bertz CT molecular complexity index is 767. The maximum absolute atomic E-state index is 12.5. The highest BCUT2D eigenvalue weighted by Crippen LogP contribution is 2.19. The number of carbonyl (C=O) groups is 1. The van der Waals surface area contributed by atoms with E-state index in [0.29, 0.717) is 37.7 Å². The van der Waals surface area contributed by atoms with E-state index in [1.54, 1.807) is 18.2 Å². The van der Waals surface area contributed by atoms with Gasteiger partial charge in [-0.25, -0.2) is 0 Å². The van der Waals surface area contributed by atoms with Crippen LogP contribution in [0.1, 0.15) is 24.2 Å². The van der Waals surface area contributed by atoms with Gasteiger partial charge in [-0.3, -0.25) is 10.1 Å². The first-order valence-corrected chi connectivity index (χ1v) is 9.19. The molecule has 0 heterocycles. The summed E-state index contributed by atoms with van der Waals surface area (Å²) in [4.78, 5) is 12.5. The lowest BCUT2D eigenvalue weighted by Crippen LogP contribution is -2.34. The SMILES string of the molecule is CCOCCOc1ccccc1C(=O)NC(=S)Nc1cccc(OCC)c1. The number of carbonyl (C=O) groups excluding carboxylic acids is 1. The Morgan fingerprint density at radius 1 is 1.00 bits per heavy atom. The fourth-order valence-electron chi connectivity index (χ4n) is 2.30. The van der Waals surface area contributed by atoms with E-state index in [0.717, 1.165) is 11.4 Å². The molecule has 0 spiro atoms. The van der Waals surface area contributed by atoms with E-state index in [9.17, 15) is 4.79 Å². The third-order valence-electron chi connectivity index (χ3n) is 3.45. The Morgan fingerprint density at radius 3 is 2.59 bits per heavy atom. The molecule has 2 rings (SSSR count). The van der Waals surface area contributed by atoms with Gasteiger partial charge in [0.2, 0.25) is 0 Å². The first kappa shape index (κ1) is 20.7. The molecular weight excluding hydrogens is 364 g/mol. The van der Waals surface area contributed by atoms with Crippen molar-refractivity contribution in [3.63, 3.8) is 0 Å². The van der Waals surface area contributed by atoms with Gasteiger partial charge >= 0.3 is 0 Å². The number of para-hydroxylation sites is 1. The molecule has 27 heavy (non-hydrogen) atoms. The summed E-state index contributed by atoms with van der Waals surface area (Å²) in [6.07, 6.45) is 0. The fraction of sp³-hybridized carbons (Fsp3) is 0.300. The number of rotatable bonds is 9. The van der Waals surface area contributed by atoms with Crippen LogP contribution >= 0.6 is 12.2 Å². The van der Waals surface area contributed by atoms with Gasteiger partial charge in [-0.15, -0.1) is 0 Å². The summed E-state index contributed by atoms with van der Waals surface area (Å²) in [6.45, 7) is 5.85. The molecule has 0 bridgehead atoms. The quantitative estimate of drug-likeness (QED) is 0.505. The highest BCUT2D eigenvalue weighted by Gasteiger charge is 2.13. The number of thiocarbonyl (C=S) groups is 1. The fourth-order valence-corrected chi connectivity index (χ4v) is 2.51. The normalized spacial score (nSPS) is 10.1. The molecule has 0 fully saturated rings. The molecule has 0 aliphatic carbocycles. The molecule has 144 valence electrons. The van der Waals surface area contributed by atoms with Crippen molar-refractivity contribution < 1.29 is 19.0 Å². The van der Waals surface area contributed by atoms with Gasteiger partial charge in [0.05, 0.1) is 18.8 Å². The van der Waals surface area contributed by atoms with Gasteiger partial charge in [-0.2, -0.15) is 0 Å². The Kier molecular flexibility index (Phi) is 8.54. The standard InChI is InChI=1S/C20H24N2O4S/c1-3-24-12-13-26-18-11-6-5-10-17(18)19(23)22-20(27)21-15-8-7-9-16(14-15)25-4-2/h5-11,14H,3-4,12-13H2,1-2H3,(H2,21,22,23,27). The van der Waals surface area contributed by atoms with Crippen LogP contribution in [0.15, 0.2) is 48.5 Å². The first-order chi connectivity index (χ1) is 13.1. The van der Waals surface area contributed by atoms with Crippen LogP contribution in [-0.4, -0.2) is 37.4 Å². The minimum atomic E-state index is -0.347. The Morgan fingerprint density at radius 2 is 1.81 bits per heavy atom. The van der Waals surface area contributed by atoms with Crippen molar-refractivity contribution in [2.24, 2.45) is 0 Å². The Balaban J connectivity index is 1.96. The van der Waals surface area contributed by atoms with Crippen molar-refractivity contribution in [1.29, 1.82) is 0 Å². The molecule has 2 N–H and O–H groups in total. The average Bonchev–Trinajstić information content (AvgIpc) is 2.66. The van der Waals surface area contributed by atoms with Crippen molar-refractivity contribution in [1.82, 2.24) is 5.32 Å². The van der Waals surface area contributed by atoms with E-state index in [1.807, 2.05) is 44.2 Å². The van der Waals surface area contributed by atoms with Crippen LogP contribution in [0.2, 0.25) is 0 Å².